The number of carbonyl (C=O) groups excluding carboxylic acids is 1. The molecule has 0 atom stereocenters. The third-order valence-corrected chi connectivity index (χ3v) is 2.35. The second-order valence-electron chi connectivity index (χ2n) is 3.81. The van der Waals surface area contributed by atoms with Crippen LogP contribution in [0.2, 0.25) is 0 Å². The lowest BCUT2D eigenvalue weighted by Gasteiger charge is -1.99. The number of aliphatic hydroxyl groups excluding tert-OH is 1. The Labute approximate surface area is 108 Å². The lowest BCUT2D eigenvalue weighted by atomic mass is 10.1. The van der Waals surface area contributed by atoms with E-state index in [0.29, 0.717) is 6.61 Å². The largest absolute Gasteiger partial charge is 0.465 e. The molecule has 3 heteroatoms. The minimum absolute atomic E-state index is 0.125. The van der Waals surface area contributed by atoms with Crippen molar-refractivity contribution in [2.45, 2.75) is 26.2 Å². The number of carbonyl (C=O) groups is 1. The number of aliphatic hydroxyl groups is 1. The molecule has 18 heavy (non-hydrogen) atoms. The van der Waals surface area contributed by atoms with Crippen LogP contribution in [0.25, 0.3) is 0 Å². The average Bonchev–Trinajstić information content (AvgIpc) is 2.38. The van der Waals surface area contributed by atoms with E-state index in [9.17, 15) is 4.79 Å². The number of esters is 1. The molecule has 0 unspecified atom stereocenters. The number of aryl methyl sites for hydroxylation is 1. The molecule has 0 fully saturated rings. The van der Waals surface area contributed by atoms with Gasteiger partial charge in [0.1, 0.15) is 6.42 Å². The van der Waals surface area contributed by atoms with E-state index in [4.69, 9.17) is 9.84 Å². The highest BCUT2D eigenvalue weighted by atomic mass is 16.5. The first-order valence-corrected chi connectivity index (χ1v) is 6.10. The summed E-state index contributed by atoms with van der Waals surface area (Å²) < 4.78 is 4.78. The Bertz CT molecular complexity index is 423. The predicted octanol–water partition coefficient (Wildman–Crippen LogP) is 1.92. The minimum Gasteiger partial charge on any atom is -0.465 e. The summed E-state index contributed by atoms with van der Waals surface area (Å²) >= 11 is 0. The SMILES string of the molecule is CCOC(=O)CC#Cc1ccc(CCCO)cc1. The number of hydrogen-bond acceptors (Lipinski definition) is 3. The van der Waals surface area contributed by atoms with Crippen LogP contribution in [-0.2, 0) is 16.0 Å². The van der Waals surface area contributed by atoms with Crippen LogP contribution in [0.5, 0.6) is 0 Å². The first-order valence-electron chi connectivity index (χ1n) is 6.10. The molecule has 3 nitrogen and oxygen atoms in total. The third-order valence-electron chi connectivity index (χ3n) is 2.35. The van der Waals surface area contributed by atoms with Gasteiger partial charge in [0, 0.05) is 12.2 Å². The fourth-order valence-corrected chi connectivity index (χ4v) is 1.47. The maximum atomic E-state index is 11.1. The van der Waals surface area contributed by atoms with Crippen LogP contribution >= 0.6 is 0 Å². The zero-order chi connectivity index (χ0) is 13.2. The quantitative estimate of drug-likeness (QED) is 0.637. The highest BCUT2D eigenvalue weighted by molar-refractivity contribution is 5.72. The number of hydrogen-bond donors (Lipinski definition) is 1. The molecule has 1 rings (SSSR count). The topological polar surface area (TPSA) is 46.5 Å². The molecule has 0 amide bonds. The molecule has 1 N–H and O–H groups in total. The van der Waals surface area contributed by atoms with Crippen LogP contribution in [0.4, 0.5) is 0 Å². The molecular weight excluding hydrogens is 228 g/mol. The molecule has 96 valence electrons. The van der Waals surface area contributed by atoms with Crippen molar-refractivity contribution in [1.29, 1.82) is 0 Å². The molecule has 0 spiro atoms. The van der Waals surface area contributed by atoms with Crippen LogP contribution < -0.4 is 0 Å². The van der Waals surface area contributed by atoms with E-state index in [1.165, 1.54) is 5.56 Å². The maximum Gasteiger partial charge on any atom is 0.317 e. The molecule has 0 aromatic heterocycles. The Morgan fingerprint density at radius 1 is 1.33 bits per heavy atom. The zero-order valence-electron chi connectivity index (χ0n) is 10.6. The minimum atomic E-state index is -0.287. The van der Waals surface area contributed by atoms with Gasteiger partial charge in [0.05, 0.1) is 6.61 Å². The van der Waals surface area contributed by atoms with Crippen LogP contribution in [0.1, 0.15) is 30.9 Å². The second-order valence-corrected chi connectivity index (χ2v) is 3.81. The van der Waals surface area contributed by atoms with Crippen molar-refractivity contribution >= 4 is 5.97 Å². The monoisotopic (exact) mass is 246 g/mol. The smallest absolute Gasteiger partial charge is 0.317 e. The van der Waals surface area contributed by atoms with Gasteiger partial charge in [-0.25, -0.2) is 0 Å². The predicted molar refractivity (Wildman–Crippen MR) is 70.0 cm³/mol. The highest BCUT2D eigenvalue weighted by Crippen LogP contribution is 2.05. The Kier molecular flexibility index (Phi) is 6.60. The molecular formula is C15H18O3. The van der Waals surface area contributed by atoms with Gasteiger partial charge in [-0.1, -0.05) is 24.0 Å². The van der Waals surface area contributed by atoms with Gasteiger partial charge in [-0.15, -0.1) is 0 Å². The van der Waals surface area contributed by atoms with Crippen molar-refractivity contribution < 1.29 is 14.6 Å². The summed E-state index contributed by atoms with van der Waals surface area (Å²) in [7, 11) is 0. The number of benzene rings is 1. The van der Waals surface area contributed by atoms with Crippen molar-refractivity contribution in [3.05, 3.63) is 35.4 Å². The van der Waals surface area contributed by atoms with Gasteiger partial charge < -0.3 is 9.84 Å². The summed E-state index contributed by atoms with van der Waals surface area (Å²) in [6.07, 6.45) is 1.76. The van der Waals surface area contributed by atoms with Crippen LogP contribution in [0.15, 0.2) is 24.3 Å². The van der Waals surface area contributed by atoms with E-state index in [0.717, 1.165) is 18.4 Å². The summed E-state index contributed by atoms with van der Waals surface area (Å²) in [6.45, 7) is 2.37. The standard InChI is InChI=1S/C15H18O3/c1-2-18-15(17)7-3-5-13-8-10-14(11-9-13)6-4-12-16/h8-11,16H,2,4,6-7,12H2,1H3. The fraction of sp³-hybridized carbons (Fsp3) is 0.400. The maximum absolute atomic E-state index is 11.1. The van der Waals surface area contributed by atoms with E-state index in [1.807, 2.05) is 24.3 Å². The van der Waals surface area contributed by atoms with E-state index in [2.05, 4.69) is 11.8 Å². The normalized spacial score (nSPS) is 9.44. The molecule has 0 bridgehead atoms. The summed E-state index contributed by atoms with van der Waals surface area (Å²) in [5.41, 5.74) is 2.06. The Hall–Kier alpha value is -1.79. The number of ether oxygens (including phenoxy) is 1. The van der Waals surface area contributed by atoms with E-state index in [-0.39, 0.29) is 19.0 Å². The van der Waals surface area contributed by atoms with Gasteiger partial charge in [0.15, 0.2) is 0 Å². The van der Waals surface area contributed by atoms with Crippen molar-refractivity contribution in [2.75, 3.05) is 13.2 Å². The Morgan fingerprint density at radius 2 is 2.06 bits per heavy atom. The molecule has 0 saturated carbocycles. The van der Waals surface area contributed by atoms with Gasteiger partial charge >= 0.3 is 5.97 Å². The lowest BCUT2D eigenvalue weighted by molar-refractivity contribution is -0.141. The number of rotatable bonds is 5. The van der Waals surface area contributed by atoms with Crippen molar-refractivity contribution in [3.63, 3.8) is 0 Å². The van der Waals surface area contributed by atoms with E-state index >= 15 is 0 Å². The summed E-state index contributed by atoms with van der Waals surface area (Å²) in [5.74, 6) is 5.41. The fourth-order valence-electron chi connectivity index (χ4n) is 1.47. The summed E-state index contributed by atoms with van der Waals surface area (Å²) in [5, 5.41) is 8.73. The van der Waals surface area contributed by atoms with Crippen LogP contribution in [0.3, 0.4) is 0 Å². The Morgan fingerprint density at radius 3 is 2.67 bits per heavy atom. The molecule has 0 aliphatic heterocycles. The molecule has 0 aliphatic rings. The average molecular weight is 246 g/mol. The first kappa shape index (κ1) is 14.3. The van der Waals surface area contributed by atoms with Crippen LogP contribution in [0, 0.1) is 11.8 Å². The second kappa shape index (κ2) is 8.32. The summed E-state index contributed by atoms with van der Waals surface area (Å²) in [6, 6.07) is 7.82. The van der Waals surface area contributed by atoms with Crippen LogP contribution in [-0.4, -0.2) is 24.3 Å². The van der Waals surface area contributed by atoms with Gasteiger partial charge in [-0.2, -0.15) is 0 Å². The van der Waals surface area contributed by atoms with Crippen molar-refractivity contribution in [1.82, 2.24) is 0 Å². The molecule has 0 radical (unpaired) electrons. The molecule has 0 heterocycles. The highest BCUT2D eigenvalue weighted by Gasteiger charge is 1.96. The van der Waals surface area contributed by atoms with Gasteiger partial charge in [-0.3, -0.25) is 4.79 Å². The van der Waals surface area contributed by atoms with Gasteiger partial charge in [0.2, 0.25) is 0 Å². The third kappa shape index (κ3) is 5.51. The molecule has 1 aromatic carbocycles. The van der Waals surface area contributed by atoms with E-state index < -0.39 is 0 Å². The molecule has 0 aliphatic carbocycles. The van der Waals surface area contributed by atoms with Gasteiger partial charge in [0.25, 0.3) is 0 Å². The summed E-state index contributed by atoms with van der Waals surface area (Å²) in [4.78, 5) is 11.1. The van der Waals surface area contributed by atoms with Crippen molar-refractivity contribution in [3.8, 4) is 11.8 Å². The zero-order valence-corrected chi connectivity index (χ0v) is 10.6. The van der Waals surface area contributed by atoms with E-state index in [1.54, 1.807) is 6.92 Å². The lowest BCUT2D eigenvalue weighted by Crippen LogP contribution is -2.01. The van der Waals surface area contributed by atoms with Gasteiger partial charge in [-0.05, 0) is 37.5 Å². The Balaban J connectivity index is 2.48. The molecule has 0 saturated heterocycles. The first-order chi connectivity index (χ1) is 8.76. The molecule has 1 aromatic rings. The van der Waals surface area contributed by atoms with Crippen molar-refractivity contribution in [2.24, 2.45) is 0 Å².